The molecule has 6 rings (SSSR count). The normalized spacial score (nSPS) is 15.7. The van der Waals surface area contributed by atoms with Gasteiger partial charge in [0.15, 0.2) is 16.6 Å². The Morgan fingerprint density at radius 1 is 0.939 bits per heavy atom. The second-order valence-electron chi connectivity index (χ2n) is 8.36. The molecule has 0 saturated heterocycles. The van der Waals surface area contributed by atoms with Crippen LogP contribution in [-0.4, -0.2) is 24.2 Å². The SMILES string of the molecule is COc1cc2nc(Nc3sc4c(c3-c3nc5ccccc5s3)CCC(C)C4)sc2cc1OC. The molecule has 5 aromatic rings. The van der Waals surface area contributed by atoms with Gasteiger partial charge < -0.3 is 14.8 Å². The Kier molecular flexibility index (Phi) is 5.24. The maximum Gasteiger partial charge on any atom is 0.188 e. The number of thiophene rings is 1. The number of nitrogens with one attached hydrogen (secondary N) is 1. The van der Waals surface area contributed by atoms with Crippen LogP contribution in [0, 0.1) is 5.92 Å². The van der Waals surface area contributed by atoms with Crippen LogP contribution >= 0.6 is 34.0 Å². The van der Waals surface area contributed by atoms with E-state index in [0.717, 1.165) is 55.4 Å². The zero-order valence-electron chi connectivity index (χ0n) is 18.6. The molecular weight excluding hydrogens is 470 g/mol. The van der Waals surface area contributed by atoms with E-state index in [0.29, 0.717) is 5.75 Å². The van der Waals surface area contributed by atoms with E-state index in [2.05, 4.69) is 36.5 Å². The van der Waals surface area contributed by atoms with Crippen molar-refractivity contribution >= 4 is 64.6 Å². The number of benzene rings is 2. The van der Waals surface area contributed by atoms with Crippen LogP contribution in [0.25, 0.3) is 31.0 Å². The van der Waals surface area contributed by atoms with Gasteiger partial charge in [0.1, 0.15) is 10.0 Å². The summed E-state index contributed by atoms with van der Waals surface area (Å²) in [5, 5.41) is 6.77. The summed E-state index contributed by atoms with van der Waals surface area (Å²) < 4.78 is 13.2. The third kappa shape index (κ3) is 3.66. The molecule has 1 aliphatic carbocycles. The molecule has 2 aromatic carbocycles. The van der Waals surface area contributed by atoms with Gasteiger partial charge in [-0.05, 0) is 42.9 Å². The van der Waals surface area contributed by atoms with Gasteiger partial charge in [-0.2, -0.15) is 0 Å². The van der Waals surface area contributed by atoms with Gasteiger partial charge in [0.05, 0.1) is 34.7 Å². The number of hydrogen-bond donors (Lipinski definition) is 1. The van der Waals surface area contributed by atoms with Gasteiger partial charge in [-0.15, -0.1) is 22.7 Å². The fraction of sp³-hybridized carbons (Fsp3) is 0.280. The van der Waals surface area contributed by atoms with Gasteiger partial charge in [0.25, 0.3) is 0 Å². The van der Waals surface area contributed by atoms with Crippen LogP contribution in [0.1, 0.15) is 23.8 Å². The maximum absolute atomic E-state index is 5.47. The standard InChI is InChI=1S/C25H23N3O2S3/c1-13-8-9-14-20(10-13)32-24(22(14)23-26-15-6-4-5-7-19(15)31-23)28-25-27-16-11-17(29-2)18(30-3)12-21(16)33-25/h4-7,11-13H,8-10H2,1-3H3,(H,27,28). The first-order valence-electron chi connectivity index (χ1n) is 10.9. The van der Waals surface area contributed by atoms with Crippen molar-refractivity contribution in [3.05, 3.63) is 46.8 Å². The molecule has 0 amide bonds. The molecule has 0 radical (unpaired) electrons. The van der Waals surface area contributed by atoms with E-state index < -0.39 is 0 Å². The molecule has 8 heteroatoms. The molecular formula is C25H23N3O2S3. The van der Waals surface area contributed by atoms with Crippen molar-refractivity contribution in [2.75, 3.05) is 19.5 Å². The summed E-state index contributed by atoms with van der Waals surface area (Å²) in [4.78, 5) is 11.3. The van der Waals surface area contributed by atoms with Crippen LogP contribution in [0.4, 0.5) is 10.1 Å². The summed E-state index contributed by atoms with van der Waals surface area (Å²) in [7, 11) is 3.31. The lowest BCUT2D eigenvalue weighted by Crippen LogP contribution is -2.09. The average molecular weight is 494 g/mol. The number of methoxy groups -OCH3 is 2. The monoisotopic (exact) mass is 493 g/mol. The highest BCUT2D eigenvalue weighted by molar-refractivity contribution is 7.24. The number of rotatable bonds is 5. The zero-order valence-corrected chi connectivity index (χ0v) is 21.0. The molecule has 1 N–H and O–H groups in total. The van der Waals surface area contributed by atoms with Crippen LogP contribution in [0.3, 0.4) is 0 Å². The number of fused-ring (bicyclic) bond motifs is 3. The Labute approximate surface area is 204 Å². The van der Waals surface area contributed by atoms with E-state index in [-0.39, 0.29) is 0 Å². The van der Waals surface area contributed by atoms with Crippen LogP contribution in [0.5, 0.6) is 11.5 Å². The van der Waals surface area contributed by atoms with Crippen molar-refractivity contribution in [1.82, 2.24) is 9.97 Å². The van der Waals surface area contributed by atoms with E-state index in [1.807, 2.05) is 23.5 Å². The van der Waals surface area contributed by atoms with E-state index in [1.54, 1.807) is 36.9 Å². The third-order valence-electron chi connectivity index (χ3n) is 6.13. The molecule has 0 aliphatic heterocycles. The average Bonchev–Trinajstić information content (AvgIpc) is 3.51. The number of hydrogen-bond acceptors (Lipinski definition) is 8. The van der Waals surface area contributed by atoms with Gasteiger partial charge in [0, 0.05) is 22.6 Å². The summed E-state index contributed by atoms with van der Waals surface area (Å²) in [6.07, 6.45) is 3.46. The third-order valence-corrected chi connectivity index (χ3v) is 9.29. The maximum atomic E-state index is 5.47. The molecule has 3 aromatic heterocycles. The van der Waals surface area contributed by atoms with Crippen LogP contribution < -0.4 is 14.8 Å². The molecule has 5 nitrogen and oxygen atoms in total. The topological polar surface area (TPSA) is 56.3 Å². The van der Waals surface area contributed by atoms with Gasteiger partial charge in [-0.3, -0.25) is 0 Å². The largest absolute Gasteiger partial charge is 0.493 e. The molecule has 0 spiro atoms. The zero-order chi connectivity index (χ0) is 22.5. The van der Waals surface area contributed by atoms with Crippen molar-refractivity contribution in [2.45, 2.75) is 26.2 Å². The Hall–Kier alpha value is -2.68. The first kappa shape index (κ1) is 20.9. The quantitative estimate of drug-likeness (QED) is 0.274. The number of nitrogens with zero attached hydrogens (tertiary/aromatic N) is 2. The molecule has 1 unspecified atom stereocenters. The fourth-order valence-electron chi connectivity index (χ4n) is 4.45. The molecule has 0 fully saturated rings. The smallest absolute Gasteiger partial charge is 0.188 e. The summed E-state index contributed by atoms with van der Waals surface area (Å²) in [6.45, 7) is 2.35. The van der Waals surface area contributed by atoms with Gasteiger partial charge >= 0.3 is 0 Å². The van der Waals surface area contributed by atoms with E-state index in [9.17, 15) is 0 Å². The second kappa shape index (κ2) is 8.27. The van der Waals surface area contributed by atoms with Crippen molar-refractivity contribution in [2.24, 2.45) is 5.92 Å². The minimum atomic E-state index is 0.692. The Bertz CT molecular complexity index is 1410. The van der Waals surface area contributed by atoms with Crippen LogP contribution in [-0.2, 0) is 12.8 Å². The van der Waals surface area contributed by atoms with Crippen molar-refractivity contribution in [1.29, 1.82) is 0 Å². The lowest BCUT2D eigenvalue weighted by molar-refractivity contribution is 0.356. The highest BCUT2D eigenvalue weighted by atomic mass is 32.1. The highest BCUT2D eigenvalue weighted by Crippen LogP contribution is 2.48. The molecule has 3 heterocycles. The number of ether oxygens (including phenoxy) is 2. The minimum Gasteiger partial charge on any atom is -0.493 e. The van der Waals surface area contributed by atoms with Crippen molar-refractivity contribution in [3.8, 4) is 22.1 Å². The molecule has 0 bridgehead atoms. The van der Waals surface area contributed by atoms with E-state index >= 15 is 0 Å². The first-order chi connectivity index (χ1) is 16.1. The predicted molar refractivity (Wildman–Crippen MR) is 140 cm³/mol. The first-order valence-corrected chi connectivity index (χ1v) is 13.4. The van der Waals surface area contributed by atoms with Crippen molar-refractivity contribution in [3.63, 3.8) is 0 Å². The van der Waals surface area contributed by atoms with Gasteiger partial charge in [-0.1, -0.05) is 30.4 Å². The summed E-state index contributed by atoms with van der Waals surface area (Å²) in [5.74, 6) is 2.13. The van der Waals surface area contributed by atoms with E-state index in [4.69, 9.17) is 19.4 Å². The Morgan fingerprint density at radius 2 is 1.76 bits per heavy atom. The molecule has 168 valence electrons. The number of anilines is 2. The second-order valence-corrected chi connectivity index (χ2v) is 11.5. The van der Waals surface area contributed by atoms with E-state index in [1.165, 1.54) is 27.1 Å². The molecule has 1 atom stereocenters. The number of thiazole rings is 2. The lowest BCUT2D eigenvalue weighted by atomic mass is 9.88. The summed E-state index contributed by atoms with van der Waals surface area (Å²) in [5.41, 5.74) is 4.69. The summed E-state index contributed by atoms with van der Waals surface area (Å²) >= 11 is 5.27. The molecule has 0 saturated carbocycles. The van der Waals surface area contributed by atoms with Crippen LogP contribution in [0.15, 0.2) is 36.4 Å². The minimum absolute atomic E-state index is 0.692. The fourth-order valence-corrected chi connectivity index (χ4v) is 7.92. The Balaban J connectivity index is 1.45. The van der Waals surface area contributed by atoms with Gasteiger partial charge in [0.2, 0.25) is 0 Å². The van der Waals surface area contributed by atoms with Crippen molar-refractivity contribution < 1.29 is 9.47 Å². The number of para-hydroxylation sites is 1. The lowest BCUT2D eigenvalue weighted by Gasteiger charge is -2.18. The Morgan fingerprint density at radius 3 is 2.58 bits per heavy atom. The summed E-state index contributed by atoms with van der Waals surface area (Å²) in [6, 6.07) is 12.3. The highest BCUT2D eigenvalue weighted by Gasteiger charge is 2.27. The molecule has 1 aliphatic rings. The van der Waals surface area contributed by atoms with Gasteiger partial charge in [-0.25, -0.2) is 9.97 Å². The van der Waals surface area contributed by atoms with Crippen LogP contribution in [0.2, 0.25) is 0 Å². The molecule has 33 heavy (non-hydrogen) atoms. The predicted octanol–water partition coefficient (Wildman–Crippen LogP) is 7.52. The number of aromatic nitrogens is 2.